The van der Waals surface area contributed by atoms with Crippen LogP contribution in [0, 0.1) is 11.8 Å². The molecule has 1 aromatic rings. The molecule has 1 saturated heterocycles. The maximum absolute atomic E-state index is 12.9. The Morgan fingerprint density at radius 2 is 1.66 bits per heavy atom. The average Bonchev–Trinajstić information content (AvgIpc) is 3.02. The van der Waals surface area contributed by atoms with Gasteiger partial charge in [0.15, 0.2) is 0 Å². The van der Waals surface area contributed by atoms with Gasteiger partial charge in [0.1, 0.15) is 11.6 Å². The molecule has 0 amide bonds. The van der Waals surface area contributed by atoms with E-state index < -0.39 is 7.60 Å². The second-order valence-electron chi connectivity index (χ2n) is 13.1. The van der Waals surface area contributed by atoms with E-state index in [2.05, 4.69) is 37.7 Å². The monoisotopic (exact) mass is 636 g/mol. The van der Waals surface area contributed by atoms with E-state index in [0.717, 1.165) is 63.6 Å². The number of nitrogens with two attached hydrogens (primary N) is 1. The highest BCUT2D eigenvalue weighted by atomic mass is 31.2. The molecule has 0 bridgehead atoms. The number of hydrogen-bond acceptors (Lipinski definition) is 11. The van der Waals surface area contributed by atoms with Gasteiger partial charge in [0, 0.05) is 50.9 Å². The number of nitrogen functional groups attached to an aromatic ring is 1. The standard InChI is InChI=1S/C32H61N8O3P/c1-4-42-44(41,43-5-2)21-20-39-18-19-40(25-26(39)3)31-22-30(33)37-32(38-31)36-24-28-14-12-27(13-15-28)23-34-16-9-17-35-29-10-7-6-8-11-29/h22,26-29,34-35H,4-21,23-25H2,1-3H3,(H3,33,36,37,38)/t26-,27-,28-/m1/s1. The molecule has 3 aliphatic rings. The molecule has 1 aromatic heterocycles. The molecule has 252 valence electrons. The molecule has 0 aromatic carbocycles. The van der Waals surface area contributed by atoms with Crippen molar-refractivity contribution in [2.75, 3.05) is 87.7 Å². The van der Waals surface area contributed by atoms with Gasteiger partial charge in [-0.15, -0.1) is 0 Å². The maximum Gasteiger partial charge on any atom is 0.331 e. The molecular formula is C32H61N8O3P. The van der Waals surface area contributed by atoms with Crippen molar-refractivity contribution in [2.24, 2.45) is 11.8 Å². The van der Waals surface area contributed by atoms with E-state index in [4.69, 9.17) is 19.8 Å². The van der Waals surface area contributed by atoms with Gasteiger partial charge in [-0.25, -0.2) is 0 Å². The van der Waals surface area contributed by atoms with Crippen LogP contribution in [0.3, 0.4) is 0 Å². The van der Waals surface area contributed by atoms with Crippen LogP contribution < -0.4 is 26.6 Å². The average molecular weight is 637 g/mol. The molecule has 12 heteroatoms. The Morgan fingerprint density at radius 1 is 0.955 bits per heavy atom. The molecule has 11 nitrogen and oxygen atoms in total. The molecule has 1 aliphatic heterocycles. The fraction of sp³-hybridized carbons (Fsp3) is 0.875. The third-order valence-corrected chi connectivity index (χ3v) is 11.7. The number of nitrogens with one attached hydrogen (secondary N) is 3. The van der Waals surface area contributed by atoms with Gasteiger partial charge in [-0.2, -0.15) is 9.97 Å². The summed E-state index contributed by atoms with van der Waals surface area (Å²) in [5, 5.41) is 11.0. The van der Waals surface area contributed by atoms with Crippen molar-refractivity contribution in [2.45, 2.75) is 97.1 Å². The van der Waals surface area contributed by atoms with Crippen molar-refractivity contribution in [3.63, 3.8) is 0 Å². The predicted molar refractivity (Wildman–Crippen MR) is 182 cm³/mol. The van der Waals surface area contributed by atoms with Crippen LogP contribution in [0.4, 0.5) is 17.6 Å². The first-order valence-corrected chi connectivity index (χ1v) is 19.3. The summed E-state index contributed by atoms with van der Waals surface area (Å²) in [5.74, 6) is 3.41. The second kappa shape index (κ2) is 18.6. The zero-order chi connectivity index (χ0) is 31.2. The van der Waals surface area contributed by atoms with Gasteiger partial charge in [-0.1, -0.05) is 19.3 Å². The largest absolute Gasteiger partial charge is 0.383 e. The van der Waals surface area contributed by atoms with Gasteiger partial charge in [0.2, 0.25) is 5.95 Å². The van der Waals surface area contributed by atoms with Crippen molar-refractivity contribution < 1.29 is 13.6 Å². The van der Waals surface area contributed by atoms with E-state index >= 15 is 0 Å². The minimum Gasteiger partial charge on any atom is -0.383 e. The van der Waals surface area contributed by atoms with Crippen molar-refractivity contribution in [1.82, 2.24) is 25.5 Å². The minimum absolute atomic E-state index is 0.274. The summed E-state index contributed by atoms with van der Waals surface area (Å²) >= 11 is 0. The first-order valence-electron chi connectivity index (χ1n) is 17.6. The minimum atomic E-state index is -3.04. The van der Waals surface area contributed by atoms with E-state index in [-0.39, 0.29) is 6.04 Å². The molecule has 3 fully saturated rings. The zero-order valence-electron chi connectivity index (χ0n) is 27.8. The van der Waals surface area contributed by atoms with Crippen LogP contribution in [0.5, 0.6) is 0 Å². The van der Waals surface area contributed by atoms with E-state index in [1.165, 1.54) is 64.2 Å². The number of rotatable bonds is 18. The Kier molecular flexibility index (Phi) is 15.0. The lowest BCUT2D eigenvalue weighted by molar-refractivity contribution is 0.184. The molecule has 0 spiro atoms. The Hall–Kier alpha value is -1.49. The lowest BCUT2D eigenvalue weighted by Crippen LogP contribution is -2.52. The smallest absolute Gasteiger partial charge is 0.331 e. The Morgan fingerprint density at radius 3 is 2.34 bits per heavy atom. The molecule has 4 rings (SSSR count). The molecule has 5 N–H and O–H groups in total. The quantitative estimate of drug-likeness (QED) is 0.129. The summed E-state index contributed by atoms with van der Waals surface area (Å²) in [5.41, 5.74) is 6.22. The first kappa shape index (κ1) is 35.4. The predicted octanol–water partition coefficient (Wildman–Crippen LogP) is 4.96. The number of nitrogens with zero attached hydrogens (tertiary/aromatic N) is 4. The maximum atomic E-state index is 12.9. The second-order valence-corrected chi connectivity index (χ2v) is 15.3. The molecule has 2 aliphatic carbocycles. The molecule has 1 atom stereocenters. The highest BCUT2D eigenvalue weighted by molar-refractivity contribution is 7.53. The Balaban J connectivity index is 1.13. The fourth-order valence-electron chi connectivity index (χ4n) is 7.05. The summed E-state index contributed by atoms with van der Waals surface area (Å²) in [7, 11) is -3.04. The fourth-order valence-corrected chi connectivity index (χ4v) is 8.67. The van der Waals surface area contributed by atoms with Crippen LogP contribution in [0.1, 0.15) is 85.0 Å². The van der Waals surface area contributed by atoms with Gasteiger partial charge in [0.25, 0.3) is 0 Å². The first-order chi connectivity index (χ1) is 21.4. The summed E-state index contributed by atoms with van der Waals surface area (Å²) in [6.07, 6.45) is 13.7. The van der Waals surface area contributed by atoms with E-state index in [1.807, 2.05) is 19.9 Å². The van der Waals surface area contributed by atoms with Crippen LogP contribution in [-0.4, -0.2) is 98.7 Å². The Bertz CT molecular complexity index is 996. The van der Waals surface area contributed by atoms with Crippen molar-refractivity contribution in [3.8, 4) is 0 Å². The Labute approximate surface area is 266 Å². The lowest BCUT2D eigenvalue weighted by Gasteiger charge is -2.40. The van der Waals surface area contributed by atoms with Crippen molar-refractivity contribution >= 4 is 25.2 Å². The molecule has 0 radical (unpaired) electrons. The van der Waals surface area contributed by atoms with Crippen LogP contribution in [0.25, 0.3) is 0 Å². The van der Waals surface area contributed by atoms with Crippen molar-refractivity contribution in [3.05, 3.63) is 6.07 Å². The molecule has 2 heterocycles. The van der Waals surface area contributed by atoms with E-state index in [1.54, 1.807) is 0 Å². The number of hydrogen-bond donors (Lipinski definition) is 4. The van der Waals surface area contributed by atoms with Gasteiger partial charge >= 0.3 is 7.60 Å². The highest BCUT2D eigenvalue weighted by Crippen LogP contribution is 2.47. The van der Waals surface area contributed by atoms with Gasteiger partial charge < -0.3 is 35.6 Å². The molecule has 44 heavy (non-hydrogen) atoms. The van der Waals surface area contributed by atoms with Crippen molar-refractivity contribution in [1.29, 1.82) is 0 Å². The molecule has 2 saturated carbocycles. The summed E-state index contributed by atoms with van der Waals surface area (Å²) < 4.78 is 23.9. The summed E-state index contributed by atoms with van der Waals surface area (Å²) in [4.78, 5) is 14.0. The number of aromatic nitrogens is 2. The number of piperazine rings is 1. The lowest BCUT2D eigenvalue weighted by atomic mass is 9.82. The molecular weight excluding hydrogens is 575 g/mol. The van der Waals surface area contributed by atoms with Gasteiger partial charge in [0.05, 0.1) is 19.4 Å². The van der Waals surface area contributed by atoms with Crippen LogP contribution in [0.15, 0.2) is 6.07 Å². The van der Waals surface area contributed by atoms with Gasteiger partial charge in [-0.3, -0.25) is 9.46 Å². The summed E-state index contributed by atoms with van der Waals surface area (Å²) in [6, 6.07) is 2.91. The topological polar surface area (TPSA) is 130 Å². The van der Waals surface area contributed by atoms with E-state index in [0.29, 0.717) is 43.6 Å². The third-order valence-electron chi connectivity index (χ3n) is 9.65. The number of anilines is 3. The summed E-state index contributed by atoms with van der Waals surface area (Å²) in [6.45, 7) is 14.2. The van der Waals surface area contributed by atoms with Crippen LogP contribution >= 0.6 is 7.60 Å². The van der Waals surface area contributed by atoms with E-state index in [9.17, 15) is 4.57 Å². The normalized spacial score (nSPS) is 24.1. The van der Waals surface area contributed by atoms with Crippen LogP contribution in [0.2, 0.25) is 0 Å². The van der Waals surface area contributed by atoms with Crippen LogP contribution in [-0.2, 0) is 13.6 Å². The SMILES string of the molecule is CCOP(=O)(CCN1CCN(c2cc(N)nc(NC[C@H]3CC[C@H](CNCCCNC4CCCCC4)CC3)n2)C[C@H]1C)OCC. The highest BCUT2D eigenvalue weighted by Gasteiger charge is 2.30. The molecule has 0 unspecified atom stereocenters. The van der Waals surface area contributed by atoms with Gasteiger partial charge in [-0.05, 0) is 97.2 Å². The zero-order valence-corrected chi connectivity index (χ0v) is 28.7. The third kappa shape index (κ3) is 11.7.